The van der Waals surface area contributed by atoms with Crippen molar-refractivity contribution in [2.24, 2.45) is 7.05 Å². The Kier molecular flexibility index (Phi) is 4.98. The van der Waals surface area contributed by atoms with Crippen molar-refractivity contribution >= 4 is 11.5 Å². The lowest BCUT2D eigenvalue weighted by Gasteiger charge is -2.23. The minimum Gasteiger partial charge on any atom is -0.394 e. The third-order valence-electron chi connectivity index (χ3n) is 2.98. The first-order valence-corrected chi connectivity index (χ1v) is 6.17. The van der Waals surface area contributed by atoms with Gasteiger partial charge in [0.05, 0.1) is 17.0 Å². The minimum absolute atomic E-state index is 0.406. The molecule has 18 heavy (non-hydrogen) atoms. The highest BCUT2D eigenvalue weighted by molar-refractivity contribution is 5.65. The number of ether oxygens (including phenoxy) is 1. The monoisotopic (exact) mass is 256 g/mol. The van der Waals surface area contributed by atoms with Gasteiger partial charge in [-0.2, -0.15) is 5.10 Å². The van der Waals surface area contributed by atoms with Crippen LogP contribution in [0, 0.1) is 0 Å². The largest absolute Gasteiger partial charge is 0.394 e. The summed E-state index contributed by atoms with van der Waals surface area (Å²) in [6, 6.07) is 0. The van der Waals surface area contributed by atoms with Crippen LogP contribution in [0.15, 0.2) is 0 Å². The summed E-state index contributed by atoms with van der Waals surface area (Å²) in [5.41, 5.74) is 6.68. The molecule has 0 fully saturated rings. The van der Waals surface area contributed by atoms with E-state index < -0.39 is 5.60 Å². The summed E-state index contributed by atoms with van der Waals surface area (Å²) in [7, 11) is 3.46. The van der Waals surface area contributed by atoms with Crippen molar-refractivity contribution in [1.29, 1.82) is 0 Å². The van der Waals surface area contributed by atoms with Gasteiger partial charge < -0.3 is 20.9 Å². The molecule has 0 saturated heterocycles. The van der Waals surface area contributed by atoms with Crippen LogP contribution in [0.5, 0.6) is 0 Å². The Hall–Kier alpha value is -1.27. The molecule has 0 saturated carbocycles. The lowest BCUT2D eigenvalue weighted by atomic mass is 10.0. The van der Waals surface area contributed by atoms with E-state index in [1.54, 1.807) is 18.7 Å². The number of nitrogen functional groups attached to an aromatic ring is 1. The van der Waals surface area contributed by atoms with Crippen LogP contribution in [-0.4, -0.2) is 40.7 Å². The van der Waals surface area contributed by atoms with Crippen molar-refractivity contribution in [2.75, 3.05) is 31.3 Å². The third-order valence-corrected chi connectivity index (χ3v) is 2.98. The van der Waals surface area contributed by atoms with Gasteiger partial charge in [-0.15, -0.1) is 0 Å². The van der Waals surface area contributed by atoms with Gasteiger partial charge in [-0.25, -0.2) is 0 Å². The number of aromatic nitrogens is 2. The SMILES string of the molecule is CCc1nn(C)c(NCC(C)(O)CCOC)c1N. The van der Waals surface area contributed by atoms with Crippen LogP contribution >= 0.6 is 0 Å². The Labute approximate surface area is 108 Å². The number of aliphatic hydroxyl groups is 1. The number of anilines is 2. The molecule has 1 unspecified atom stereocenters. The molecule has 0 aromatic carbocycles. The fourth-order valence-electron chi connectivity index (χ4n) is 1.75. The molecule has 1 aromatic heterocycles. The number of hydrogen-bond acceptors (Lipinski definition) is 5. The van der Waals surface area contributed by atoms with Crippen LogP contribution < -0.4 is 11.1 Å². The zero-order valence-corrected chi connectivity index (χ0v) is 11.7. The highest BCUT2D eigenvalue weighted by Crippen LogP contribution is 2.23. The van der Waals surface area contributed by atoms with E-state index in [0.29, 0.717) is 25.3 Å². The van der Waals surface area contributed by atoms with Gasteiger partial charge >= 0.3 is 0 Å². The highest BCUT2D eigenvalue weighted by Gasteiger charge is 2.21. The Bertz CT molecular complexity index is 388. The van der Waals surface area contributed by atoms with Crippen molar-refractivity contribution in [1.82, 2.24) is 9.78 Å². The molecule has 0 radical (unpaired) electrons. The Morgan fingerprint density at radius 1 is 1.56 bits per heavy atom. The van der Waals surface area contributed by atoms with Gasteiger partial charge in [0.1, 0.15) is 5.82 Å². The van der Waals surface area contributed by atoms with E-state index in [0.717, 1.165) is 17.9 Å². The van der Waals surface area contributed by atoms with Crippen molar-refractivity contribution in [3.8, 4) is 0 Å². The minimum atomic E-state index is -0.834. The molecule has 1 aromatic rings. The molecule has 4 N–H and O–H groups in total. The molecular weight excluding hydrogens is 232 g/mol. The van der Waals surface area contributed by atoms with Crippen molar-refractivity contribution in [3.63, 3.8) is 0 Å². The zero-order valence-electron chi connectivity index (χ0n) is 11.7. The summed E-state index contributed by atoms with van der Waals surface area (Å²) in [4.78, 5) is 0. The molecule has 0 amide bonds. The van der Waals surface area contributed by atoms with Gasteiger partial charge in [0.15, 0.2) is 0 Å². The van der Waals surface area contributed by atoms with Gasteiger partial charge in [0, 0.05) is 33.7 Å². The quantitative estimate of drug-likeness (QED) is 0.671. The second kappa shape index (κ2) is 6.06. The molecular formula is C12H24N4O2. The predicted molar refractivity (Wildman–Crippen MR) is 72.6 cm³/mol. The van der Waals surface area contributed by atoms with Gasteiger partial charge in [-0.1, -0.05) is 6.92 Å². The number of nitrogens with two attached hydrogens (primary N) is 1. The Balaban J connectivity index is 2.65. The van der Waals surface area contributed by atoms with Crippen LogP contribution in [0.4, 0.5) is 11.5 Å². The third kappa shape index (κ3) is 3.61. The highest BCUT2D eigenvalue weighted by atomic mass is 16.5. The number of hydrogen-bond donors (Lipinski definition) is 3. The van der Waals surface area contributed by atoms with Crippen LogP contribution in [-0.2, 0) is 18.2 Å². The van der Waals surface area contributed by atoms with Gasteiger partial charge in [0.25, 0.3) is 0 Å². The van der Waals surface area contributed by atoms with Crippen molar-refractivity contribution < 1.29 is 9.84 Å². The Morgan fingerprint density at radius 2 is 2.22 bits per heavy atom. The average Bonchev–Trinajstić information content (AvgIpc) is 2.59. The van der Waals surface area contributed by atoms with Gasteiger partial charge in [0.2, 0.25) is 0 Å². The van der Waals surface area contributed by atoms with E-state index in [1.807, 2.05) is 14.0 Å². The molecule has 0 aliphatic carbocycles. The molecule has 0 spiro atoms. The Morgan fingerprint density at radius 3 is 2.72 bits per heavy atom. The van der Waals surface area contributed by atoms with E-state index in [1.165, 1.54) is 0 Å². The second-order valence-electron chi connectivity index (χ2n) is 4.78. The lowest BCUT2D eigenvalue weighted by Crippen LogP contribution is -2.35. The van der Waals surface area contributed by atoms with E-state index in [-0.39, 0.29) is 0 Å². The maximum atomic E-state index is 10.1. The predicted octanol–water partition coefficient (Wildman–Crippen LogP) is 0.764. The molecule has 6 heteroatoms. The first-order valence-electron chi connectivity index (χ1n) is 6.17. The summed E-state index contributed by atoms with van der Waals surface area (Å²) in [6.07, 6.45) is 1.36. The number of methoxy groups -OCH3 is 1. The number of nitrogens with zero attached hydrogens (tertiary/aromatic N) is 2. The topological polar surface area (TPSA) is 85.3 Å². The summed E-state index contributed by atoms with van der Waals surface area (Å²) < 4.78 is 6.68. The van der Waals surface area contributed by atoms with Crippen LogP contribution in [0.25, 0.3) is 0 Å². The number of nitrogens with one attached hydrogen (secondary N) is 1. The van der Waals surface area contributed by atoms with E-state index >= 15 is 0 Å². The van der Waals surface area contributed by atoms with Crippen LogP contribution in [0.1, 0.15) is 26.0 Å². The van der Waals surface area contributed by atoms with Crippen LogP contribution in [0.2, 0.25) is 0 Å². The van der Waals surface area contributed by atoms with E-state index in [9.17, 15) is 5.11 Å². The zero-order chi connectivity index (χ0) is 13.8. The fraction of sp³-hybridized carbons (Fsp3) is 0.750. The summed E-state index contributed by atoms with van der Waals surface area (Å²) in [5, 5.41) is 17.6. The van der Waals surface area contributed by atoms with E-state index in [4.69, 9.17) is 10.5 Å². The smallest absolute Gasteiger partial charge is 0.147 e. The van der Waals surface area contributed by atoms with Gasteiger partial charge in [-0.05, 0) is 13.3 Å². The second-order valence-corrected chi connectivity index (χ2v) is 4.78. The molecule has 6 nitrogen and oxygen atoms in total. The van der Waals surface area contributed by atoms with Crippen molar-refractivity contribution in [3.05, 3.63) is 5.69 Å². The van der Waals surface area contributed by atoms with Crippen molar-refractivity contribution in [2.45, 2.75) is 32.3 Å². The number of rotatable bonds is 7. The first-order chi connectivity index (χ1) is 8.41. The molecule has 0 bridgehead atoms. The molecule has 1 heterocycles. The summed E-state index contributed by atoms with van der Waals surface area (Å²) in [5.74, 6) is 0.754. The standard InChI is InChI=1S/C12H24N4O2/c1-5-9-10(13)11(16(3)15-9)14-8-12(2,17)6-7-18-4/h14,17H,5-8,13H2,1-4H3. The maximum absolute atomic E-state index is 10.1. The average molecular weight is 256 g/mol. The lowest BCUT2D eigenvalue weighted by molar-refractivity contribution is 0.0356. The van der Waals surface area contributed by atoms with Gasteiger partial charge in [-0.3, -0.25) is 4.68 Å². The molecule has 0 aliphatic heterocycles. The molecule has 1 atom stereocenters. The molecule has 0 aliphatic rings. The fourth-order valence-corrected chi connectivity index (χ4v) is 1.75. The molecule has 1 rings (SSSR count). The summed E-state index contributed by atoms with van der Waals surface area (Å²) in [6.45, 7) is 4.71. The maximum Gasteiger partial charge on any atom is 0.147 e. The summed E-state index contributed by atoms with van der Waals surface area (Å²) >= 11 is 0. The van der Waals surface area contributed by atoms with E-state index in [2.05, 4.69) is 10.4 Å². The number of aryl methyl sites for hydroxylation is 2. The normalized spacial score (nSPS) is 14.5. The molecule has 104 valence electrons. The van der Waals surface area contributed by atoms with Crippen LogP contribution in [0.3, 0.4) is 0 Å². The first kappa shape index (κ1) is 14.8.